The third-order valence-corrected chi connectivity index (χ3v) is 2.52. The monoisotopic (exact) mass is 260 g/mol. The van der Waals surface area contributed by atoms with Gasteiger partial charge in [0.05, 0.1) is 4.92 Å². The molecule has 0 radical (unpaired) electrons. The van der Waals surface area contributed by atoms with Crippen LogP contribution in [-0.4, -0.2) is 28.8 Å². The number of carbonyl (C=O) groups excluding carboxylic acids is 1. The Morgan fingerprint density at radius 1 is 1.37 bits per heavy atom. The van der Waals surface area contributed by atoms with Crippen molar-refractivity contribution in [3.05, 3.63) is 64.8 Å². The fraction of sp³-hybridized carbons (Fsp3) is 0.214. The second kappa shape index (κ2) is 7.10. The smallest absolute Gasteiger partial charge is 0.269 e. The standard InChI is InChI=1S/C14H16N2O3/c1-3-5-11-15(10-4-2)14(17)12-6-8-13(9-7-12)16(18)19/h3-9H,2,10-11H2,1H3/b5-3+. The minimum Gasteiger partial charge on any atom is -0.331 e. The zero-order chi connectivity index (χ0) is 14.3. The summed E-state index contributed by atoms with van der Waals surface area (Å²) in [5, 5.41) is 10.5. The second-order valence-corrected chi connectivity index (χ2v) is 3.87. The highest BCUT2D eigenvalue weighted by atomic mass is 16.6. The van der Waals surface area contributed by atoms with Crippen molar-refractivity contribution in [2.45, 2.75) is 6.92 Å². The Hall–Kier alpha value is -2.43. The number of carbonyl (C=O) groups is 1. The van der Waals surface area contributed by atoms with Crippen LogP contribution in [0.25, 0.3) is 0 Å². The topological polar surface area (TPSA) is 63.5 Å². The first kappa shape index (κ1) is 14.6. The zero-order valence-electron chi connectivity index (χ0n) is 10.8. The van der Waals surface area contributed by atoms with E-state index in [1.807, 2.05) is 19.1 Å². The van der Waals surface area contributed by atoms with E-state index in [4.69, 9.17) is 0 Å². The summed E-state index contributed by atoms with van der Waals surface area (Å²) in [5.41, 5.74) is 0.400. The van der Waals surface area contributed by atoms with Crippen LogP contribution in [0.5, 0.6) is 0 Å². The van der Waals surface area contributed by atoms with Crippen molar-refractivity contribution in [3.63, 3.8) is 0 Å². The molecule has 1 amide bonds. The summed E-state index contributed by atoms with van der Waals surface area (Å²) in [7, 11) is 0. The molecule has 0 spiro atoms. The number of nitro groups is 1. The van der Waals surface area contributed by atoms with Gasteiger partial charge in [-0.3, -0.25) is 14.9 Å². The second-order valence-electron chi connectivity index (χ2n) is 3.87. The maximum absolute atomic E-state index is 12.2. The summed E-state index contributed by atoms with van der Waals surface area (Å²) >= 11 is 0. The lowest BCUT2D eigenvalue weighted by atomic mass is 10.2. The van der Waals surface area contributed by atoms with Crippen LogP contribution in [0.15, 0.2) is 49.1 Å². The lowest BCUT2D eigenvalue weighted by molar-refractivity contribution is -0.384. The molecule has 1 aromatic carbocycles. The van der Waals surface area contributed by atoms with E-state index in [9.17, 15) is 14.9 Å². The fourth-order valence-electron chi connectivity index (χ4n) is 1.54. The predicted molar refractivity (Wildman–Crippen MR) is 74.0 cm³/mol. The van der Waals surface area contributed by atoms with Crippen LogP contribution in [0, 0.1) is 10.1 Å². The Morgan fingerprint density at radius 3 is 2.47 bits per heavy atom. The lowest BCUT2D eigenvalue weighted by Gasteiger charge is -2.19. The summed E-state index contributed by atoms with van der Waals surface area (Å²) in [6.45, 7) is 6.41. The van der Waals surface area contributed by atoms with Crippen molar-refractivity contribution in [2.24, 2.45) is 0 Å². The van der Waals surface area contributed by atoms with Crippen LogP contribution in [0.4, 0.5) is 5.69 Å². The molecule has 0 aliphatic rings. The highest BCUT2D eigenvalue weighted by Gasteiger charge is 2.14. The van der Waals surface area contributed by atoms with Crippen molar-refractivity contribution in [2.75, 3.05) is 13.1 Å². The van der Waals surface area contributed by atoms with E-state index in [0.29, 0.717) is 18.7 Å². The summed E-state index contributed by atoms with van der Waals surface area (Å²) in [4.78, 5) is 23.9. The van der Waals surface area contributed by atoms with Crippen molar-refractivity contribution in [1.29, 1.82) is 0 Å². The van der Waals surface area contributed by atoms with Gasteiger partial charge in [-0.1, -0.05) is 18.2 Å². The van der Waals surface area contributed by atoms with Gasteiger partial charge in [0.15, 0.2) is 0 Å². The van der Waals surface area contributed by atoms with E-state index in [0.717, 1.165) is 0 Å². The number of hydrogen-bond acceptors (Lipinski definition) is 3. The predicted octanol–water partition coefficient (Wildman–Crippen LogP) is 2.80. The maximum atomic E-state index is 12.2. The number of benzene rings is 1. The van der Waals surface area contributed by atoms with Gasteiger partial charge in [-0.05, 0) is 19.1 Å². The first-order valence-corrected chi connectivity index (χ1v) is 5.86. The van der Waals surface area contributed by atoms with Gasteiger partial charge in [0, 0.05) is 30.8 Å². The molecule has 0 saturated carbocycles. The molecule has 0 N–H and O–H groups in total. The molecule has 0 bridgehead atoms. The molecular weight excluding hydrogens is 244 g/mol. The number of hydrogen-bond donors (Lipinski definition) is 0. The largest absolute Gasteiger partial charge is 0.331 e. The van der Waals surface area contributed by atoms with E-state index >= 15 is 0 Å². The van der Waals surface area contributed by atoms with Gasteiger partial charge >= 0.3 is 0 Å². The van der Waals surface area contributed by atoms with E-state index in [-0.39, 0.29) is 11.6 Å². The minimum atomic E-state index is -0.490. The molecular formula is C14H16N2O3. The third kappa shape index (κ3) is 4.06. The average molecular weight is 260 g/mol. The maximum Gasteiger partial charge on any atom is 0.269 e. The van der Waals surface area contributed by atoms with E-state index < -0.39 is 4.92 Å². The highest BCUT2D eigenvalue weighted by Crippen LogP contribution is 2.13. The van der Waals surface area contributed by atoms with Crippen LogP contribution in [0.2, 0.25) is 0 Å². The zero-order valence-corrected chi connectivity index (χ0v) is 10.8. The molecule has 0 aliphatic carbocycles. The first-order valence-electron chi connectivity index (χ1n) is 5.86. The molecule has 0 aliphatic heterocycles. The van der Waals surface area contributed by atoms with E-state index in [2.05, 4.69) is 6.58 Å². The number of rotatable bonds is 6. The van der Waals surface area contributed by atoms with Crippen LogP contribution < -0.4 is 0 Å². The Kier molecular flexibility index (Phi) is 5.47. The molecule has 0 heterocycles. The van der Waals surface area contributed by atoms with E-state index in [1.54, 1.807) is 11.0 Å². The molecule has 100 valence electrons. The van der Waals surface area contributed by atoms with Crippen LogP contribution in [-0.2, 0) is 0 Å². The van der Waals surface area contributed by atoms with E-state index in [1.165, 1.54) is 24.3 Å². The molecule has 0 atom stereocenters. The van der Waals surface area contributed by atoms with Gasteiger partial charge in [-0.2, -0.15) is 0 Å². The summed E-state index contributed by atoms with van der Waals surface area (Å²) in [6.07, 6.45) is 5.37. The lowest BCUT2D eigenvalue weighted by Crippen LogP contribution is -2.31. The molecule has 0 aromatic heterocycles. The number of nitro benzene ring substituents is 1. The third-order valence-electron chi connectivity index (χ3n) is 2.52. The van der Waals surface area contributed by atoms with Gasteiger partial charge in [-0.25, -0.2) is 0 Å². The molecule has 5 nitrogen and oxygen atoms in total. The molecule has 0 saturated heterocycles. The Labute approximate surface area is 112 Å². The first-order chi connectivity index (χ1) is 9.10. The summed E-state index contributed by atoms with van der Waals surface area (Å²) < 4.78 is 0. The number of non-ortho nitro benzene ring substituents is 1. The Morgan fingerprint density at radius 2 is 2.00 bits per heavy atom. The SMILES string of the molecule is C=CCN(C/C=C/C)C(=O)c1ccc([N+](=O)[O-])cc1. The number of allylic oxidation sites excluding steroid dienone is 1. The summed E-state index contributed by atoms with van der Waals surface area (Å²) in [5.74, 6) is -0.173. The number of amides is 1. The number of nitrogens with zero attached hydrogens (tertiary/aromatic N) is 2. The normalized spacial score (nSPS) is 10.4. The molecule has 5 heteroatoms. The fourth-order valence-corrected chi connectivity index (χ4v) is 1.54. The van der Waals surface area contributed by atoms with Crippen LogP contribution in [0.1, 0.15) is 17.3 Å². The highest BCUT2D eigenvalue weighted by molar-refractivity contribution is 5.94. The quantitative estimate of drug-likeness (QED) is 0.449. The molecule has 0 fully saturated rings. The van der Waals surface area contributed by atoms with Crippen molar-refractivity contribution in [3.8, 4) is 0 Å². The Balaban J connectivity index is 2.89. The van der Waals surface area contributed by atoms with Crippen molar-refractivity contribution < 1.29 is 9.72 Å². The van der Waals surface area contributed by atoms with Crippen LogP contribution in [0.3, 0.4) is 0 Å². The minimum absolute atomic E-state index is 0.0275. The van der Waals surface area contributed by atoms with Crippen molar-refractivity contribution >= 4 is 11.6 Å². The van der Waals surface area contributed by atoms with Gasteiger partial charge in [0.25, 0.3) is 11.6 Å². The van der Waals surface area contributed by atoms with Gasteiger partial charge < -0.3 is 4.90 Å². The molecule has 1 aromatic rings. The van der Waals surface area contributed by atoms with Crippen LogP contribution >= 0.6 is 0 Å². The summed E-state index contributed by atoms with van der Waals surface area (Å²) in [6, 6.07) is 5.59. The van der Waals surface area contributed by atoms with Gasteiger partial charge in [-0.15, -0.1) is 6.58 Å². The van der Waals surface area contributed by atoms with Gasteiger partial charge in [0.2, 0.25) is 0 Å². The molecule has 19 heavy (non-hydrogen) atoms. The Bertz CT molecular complexity index is 492. The molecule has 0 unspecified atom stereocenters. The molecule has 1 rings (SSSR count). The van der Waals surface area contributed by atoms with Gasteiger partial charge in [0.1, 0.15) is 0 Å². The van der Waals surface area contributed by atoms with Crippen molar-refractivity contribution in [1.82, 2.24) is 4.90 Å². The average Bonchev–Trinajstić information content (AvgIpc) is 2.42.